The number of hydrogen-bond acceptors (Lipinski definition) is 6. The van der Waals surface area contributed by atoms with E-state index in [2.05, 4.69) is 9.71 Å². The first-order valence-electron chi connectivity index (χ1n) is 12.1. The van der Waals surface area contributed by atoms with Crippen molar-refractivity contribution in [1.82, 2.24) is 9.55 Å². The number of ether oxygens (including phenoxy) is 1. The van der Waals surface area contributed by atoms with Crippen LogP contribution in [-0.4, -0.2) is 35.3 Å². The van der Waals surface area contributed by atoms with Gasteiger partial charge in [-0.1, -0.05) is 55.8 Å². The van der Waals surface area contributed by atoms with Crippen molar-refractivity contribution in [3.8, 4) is 0 Å². The molecule has 1 aromatic heterocycles. The first-order chi connectivity index (χ1) is 17.2. The van der Waals surface area contributed by atoms with Crippen molar-refractivity contribution in [3.63, 3.8) is 0 Å². The number of nitrogens with zero attached hydrogens (tertiary/aromatic N) is 2. The number of benzene rings is 2. The first kappa shape index (κ1) is 25.6. The third-order valence-corrected chi connectivity index (χ3v) is 7.75. The fourth-order valence-electron chi connectivity index (χ4n) is 4.70. The zero-order valence-electron chi connectivity index (χ0n) is 20.5. The molecule has 0 bridgehead atoms. The van der Waals surface area contributed by atoms with Crippen molar-refractivity contribution in [1.29, 1.82) is 0 Å². The largest absolute Gasteiger partial charge is 0.458 e. The molecule has 1 saturated heterocycles. The third kappa shape index (κ3) is 6.02. The van der Waals surface area contributed by atoms with Crippen LogP contribution >= 0.6 is 0 Å². The van der Waals surface area contributed by atoms with Crippen LogP contribution in [0.3, 0.4) is 0 Å². The van der Waals surface area contributed by atoms with E-state index in [1.54, 1.807) is 35.9 Å². The average molecular weight is 510 g/mol. The molecule has 0 aliphatic carbocycles. The Kier molecular flexibility index (Phi) is 7.59. The van der Waals surface area contributed by atoms with Gasteiger partial charge in [-0.3, -0.25) is 14.3 Å². The van der Waals surface area contributed by atoms with Crippen LogP contribution in [0, 0.1) is 5.92 Å². The van der Waals surface area contributed by atoms with Gasteiger partial charge in [0.2, 0.25) is 0 Å². The Hall–Kier alpha value is -3.46. The van der Waals surface area contributed by atoms with Crippen LogP contribution in [0.5, 0.6) is 0 Å². The van der Waals surface area contributed by atoms with Gasteiger partial charge >= 0.3 is 5.97 Å². The molecule has 0 radical (unpaired) electrons. The maximum Gasteiger partial charge on any atom is 0.317 e. The van der Waals surface area contributed by atoms with Crippen LogP contribution in [0.2, 0.25) is 0 Å². The van der Waals surface area contributed by atoms with Crippen LogP contribution in [0.4, 0.5) is 5.69 Å². The molecule has 1 fully saturated rings. The van der Waals surface area contributed by atoms with E-state index >= 15 is 0 Å². The number of sulfonamides is 1. The number of nitrogens with one attached hydrogen (secondary N) is 1. The Morgan fingerprint density at radius 1 is 1.08 bits per heavy atom. The lowest BCUT2D eigenvalue weighted by atomic mass is 9.79. The second-order valence-corrected chi connectivity index (χ2v) is 11.1. The maximum absolute atomic E-state index is 13.2. The highest BCUT2D eigenvalue weighted by Gasteiger charge is 2.46. The fraction of sp³-hybridized carbons (Fsp3) is 0.370. The van der Waals surface area contributed by atoms with Gasteiger partial charge in [0.15, 0.2) is 10.8 Å². The van der Waals surface area contributed by atoms with Gasteiger partial charge in [-0.2, -0.15) is 8.42 Å². The van der Waals surface area contributed by atoms with Crippen LogP contribution in [0.1, 0.15) is 43.7 Å². The predicted octanol–water partition coefficient (Wildman–Crippen LogP) is 4.07. The molecule has 3 aromatic rings. The Morgan fingerprint density at radius 3 is 2.50 bits per heavy atom. The predicted molar refractivity (Wildman–Crippen MR) is 136 cm³/mol. The second kappa shape index (κ2) is 10.7. The van der Waals surface area contributed by atoms with Gasteiger partial charge < -0.3 is 9.30 Å². The number of hydrogen-bond donors (Lipinski definition) is 1. The molecule has 0 saturated carbocycles. The highest BCUT2D eigenvalue weighted by molar-refractivity contribution is 7.92. The molecule has 0 amide bonds. The molecule has 9 heteroatoms. The van der Waals surface area contributed by atoms with Gasteiger partial charge in [0.1, 0.15) is 11.5 Å². The van der Waals surface area contributed by atoms with Crippen LogP contribution in [0.25, 0.3) is 0 Å². The van der Waals surface area contributed by atoms with Gasteiger partial charge in [0.25, 0.3) is 10.0 Å². The Morgan fingerprint density at radius 2 is 1.83 bits per heavy atom. The summed E-state index contributed by atoms with van der Waals surface area (Å²) in [5, 5.41) is -0.0933. The number of cyclic esters (lactones) is 1. The Bertz CT molecular complexity index is 1320. The van der Waals surface area contributed by atoms with Crippen molar-refractivity contribution in [2.24, 2.45) is 13.0 Å². The molecule has 8 nitrogen and oxygen atoms in total. The Labute approximate surface area is 211 Å². The molecule has 2 unspecified atom stereocenters. The SMILES string of the molecule is CCCC1(CCc2ccccc2)CC(=O)C(Cc2cccc(NS(=O)(=O)c3cn(C)cn3)c2)C(=O)O1. The quantitative estimate of drug-likeness (QED) is 0.326. The van der Waals surface area contributed by atoms with E-state index in [1.807, 2.05) is 37.3 Å². The number of carbonyl (C=O) groups excluding carboxylic acids is 2. The summed E-state index contributed by atoms with van der Waals surface area (Å²) in [4.78, 5) is 30.1. The number of aromatic nitrogens is 2. The lowest BCUT2D eigenvalue weighted by Gasteiger charge is -2.39. The molecule has 0 spiro atoms. The first-order valence-corrected chi connectivity index (χ1v) is 13.6. The summed E-state index contributed by atoms with van der Waals surface area (Å²) in [7, 11) is -2.17. The number of Topliss-reactive ketones (excluding diaryl/α,β-unsaturated/α-hetero) is 1. The van der Waals surface area contributed by atoms with E-state index in [0.717, 1.165) is 18.4 Å². The summed E-state index contributed by atoms with van der Waals surface area (Å²) in [6.07, 6.45) is 5.92. The summed E-state index contributed by atoms with van der Waals surface area (Å²) in [6.45, 7) is 2.02. The molecule has 1 aliphatic rings. The minimum atomic E-state index is -3.86. The van der Waals surface area contributed by atoms with Gasteiger partial charge in [0, 0.05) is 25.4 Å². The monoisotopic (exact) mass is 509 g/mol. The zero-order valence-corrected chi connectivity index (χ0v) is 21.3. The standard InChI is InChI=1S/C27H31N3O5S/c1-3-13-27(14-12-20-8-5-4-6-9-20)17-24(31)23(26(32)35-27)16-21-10-7-11-22(15-21)29-36(33,34)25-18-30(2)19-28-25/h4-11,15,18-19,23,29H,3,12-14,16-17H2,1-2H3. The summed E-state index contributed by atoms with van der Waals surface area (Å²) in [5.74, 6) is -1.55. The van der Waals surface area contributed by atoms with Gasteiger partial charge in [-0.05, 0) is 48.9 Å². The van der Waals surface area contributed by atoms with Crippen molar-refractivity contribution >= 4 is 27.5 Å². The lowest BCUT2D eigenvalue weighted by Crippen LogP contribution is -2.48. The minimum absolute atomic E-state index is 0.0933. The van der Waals surface area contributed by atoms with E-state index in [-0.39, 0.29) is 23.7 Å². The van der Waals surface area contributed by atoms with Crippen LogP contribution in [-0.2, 0) is 44.2 Å². The van der Waals surface area contributed by atoms with E-state index < -0.39 is 27.5 Å². The number of esters is 1. The van der Waals surface area contributed by atoms with E-state index in [0.29, 0.717) is 24.1 Å². The smallest absolute Gasteiger partial charge is 0.317 e. The van der Waals surface area contributed by atoms with Gasteiger partial charge in [-0.25, -0.2) is 4.98 Å². The summed E-state index contributed by atoms with van der Waals surface area (Å²) in [5.41, 5.74) is 1.36. The molecule has 1 aliphatic heterocycles. The van der Waals surface area contributed by atoms with Gasteiger partial charge in [0.05, 0.1) is 6.33 Å². The molecular formula is C27H31N3O5S. The normalized spacial score (nSPS) is 20.2. The number of ketones is 1. The van der Waals surface area contributed by atoms with Crippen LogP contribution < -0.4 is 4.72 Å². The molecule has 36 heavy (non-hydrogen) atoms. The molecule has 4 rings (SSSR count). The fourth-order valence-corrected chi connectivity index (χ4v) is 5.73. The lowest BCUT2D eigenvalue weighted by molar-refractivity contribution is -0.179. The van der Waals surface area contributed by atoms with Crippen molar-refractivity contribution in [2.45, 2.75) is 56.1 Å². The van der Waals surface area contributed by atoms with Crippen LogP contribution in [0.15, 0.2) is 72.1 Å². The summed E-state index contributed by atoms with van der Waals surface area (Å²) >= 11 is 0. The highest BCUT2D eigenvalue weighted by atomic mass is 32.2. The molecule has 190 valence electrons. The zero-order chi connectivity index (χ0) is 25.8. The number of carbonyl (C=O) groups is 2. The number of aryl methyl sites for hydroxylation is 2. The number of anilines is 1. The third-order valence-electron chi connectivity index (χ3n) is 6.48. The summed E-state index contributed by atoms with van der Waals surface area (Å²) in [6, 6.07) is 16.7. The highest BCUT2D eigenvalue weighted by Crippen LogP contribution is 2.36. The molecular weight excluding hydrogens is 478 g/mol. The van der Waals surface area contributed by atoms with E-state index in [9.17, 15) is 18.0 Å². The molecule has 2 atom stereocenters. The topological polar surface area (TPSA) is 107 Å². The van der Waals surface area contributed by atoms with E-state index in [1.165, 1.54) is 12.5 Å². The summed E-state index contributed by atoms with van der Waals surface area (Å²) < 4.78 is 35.2. The van der Waals surface area contributed by atoms with Gasteiger partial charge in [-0.15, -0.1) is 0 Å². The van der Waals surface area contributed by atoms with Crippen molar-refractivity contribution < 1.29 is 22.7 Å². The van der Waals surface area contributed by atoms with Crippen molar-refractivity contribution in [3.05, 3.63) is 78.2 Å². The second-order valence-electron chi connectivity index (χ2n) is 9.42. The Balaban J connectivity index is 1.45. The number of imidazole rings is 1. The average Bonchev–Trinajstić information content (AvgIpc) is 3.29. The van der Waals surface area contributed by atoms with Crippen molar-refractivity contribution in [2.75, 3.05) is 4.72 Å². The molecule has 2 aromatic carbocycles. The maximum atomic E-state index is 13.2. The van der Waals surface area contributed by atoms with E-state index in [4.69, 9.17) is 4.74 Å². The molecule has 1 N–H and O–H groups in total. The molecule has 2 heterocycles. The minimum Gasteiger partial charge on any atom is -0.458 e. The number of rotatable bonds is 10.